The van der Waals surface area contributed by atoms with Gasteiger partial charge in [-0.05, 0) is 36.4 Å². The van der Waals surface area contributed by atoms with E-state index in [1.54, 1.807) is 24.3 Å². The normalized spacial score (nSPS) is 16.4. The summed E-state index contributed by atoms with van der Waals surface area (Å²) in [7, 11) is 0. The summed E-state index contributed by atoms with van der Waals surface area (Å²) in [5, 5.41) is 5.68. The molecule has 1 aliphatic rings. The molecule has 0 spiro atoms. The molecule has 1 amide bonds. The van der Waals surface area contributed by atoms with E-state index in [4.69, 9.17) is 27.9 Å². The van der Waals surface area contributed by atoms with Crippen LogP contribution in [0, 0.1) is 0 Å². The fourth-order valence-electron chi connectivity index (χ4n) is 3.08. The Balaban J connectivity index is 1.61. The number of thiophene rings is 1. The first kappa shape index (κ1) is 20.7. The molecule has 1 aromatic carbocycles. The van der Waals surface area contributed by atoms with Crippen molar-refractivity contribution in [1.29, 1.82) is 0 Å². The average Bonchev–Trinajstić information content (AvgIpc) is 3.39. The molecule has 0 aliphatic carbocycles. The lowest BCUT2D eigenvalue weighted by atomic mass is 10.2. The zero-order valence-electron chi connectivity index (χ0n) is 15.2. The highest BCUT2D eigenvalue weighted by atomic mass is 35.5. The third kappa shape index (κ3) is 4.46. The van der Waals surface area contributed by atoms with Crippen LogP contribution in [-0.2, 0) is 9.53 Å². The van der Waals surface area contributed by atoms with Crippen molar-refractivity contribution in [2.45, 2.75) is 24.1 Å². The van der Waals surface area contributed by atoms with Gasteiger partial charge >= 0.3 is 0 Å². The number of rotatable bonds is 6. The molecule has 2 aromatic heterocycles. The van der Waals surface area contributed by atoms with Gasteiger partial charge < -0.3 is 10.1 Å². The van der Waals surface area contributed by atoms with Gasteiger partial charge in [0, 0.05) is 13.2 Å². The molecule has 1 fully saturated rings. The van der Waals surface area contributed by atoms with Gasteiger partial charge in [0.1, 0.15) is 4.70 Å². The molecule has 29 heavy (non-hydrogen) atoms. The molecule has 1 N–H and O–H groups in total. The Hall–Kier alpha value is -1.58. The Kier molecular flexibility index (Phi) is 6.46. The number of aromatic nitrogens is 2. The molecule has 1 aliphatic heterocycles. The third-order valence-electron chi connectivity index (χ3n) is 4.50. The second kappa shape index (κ2) is 9.06. The van der Waals surface area contributed by atoms with Gasteiger partial charge in [-0.15, -0.1) is 11.3 Å². The highest BCUT2D eigenvalue weighted by molar-refractivity contribution is 7.99. The van der Waals surface area contributed by atoms with Crippen molar-refractivity contribution in [3.8, 4) is 5.69 Å². The van der Waals surface area contributed by atoms with Crippen LogP contribution in [0.2, 0.25) is 10.0 Å². The van der Waals surface area contributed by atoms with Crippen molar-refractivity contribution in [2.75, 3.05) is 18.9 Å². The molecule has 6 nitrogen and oxygen atoms in total. The van der Waals surface area contributed by atoms with Crippen molar-refractivity contribution in [2.24, 2.45) is 0 Å². The van der Waals surface area contributed by atoms with Gasteiger partial charge in [0.25, 0.3) is 5.56 Å². The largest absolute Gasteiger partial charge is 0.376 e. The number of thioether (sulfide) groups is 1. The second-order valence-corrected chi connectivity index (χ2v) is 9.11. The number of hydrogen-bond donors (Lipinski definition) is 1. The molecular weight excluding hydrogens is 453 g/mol. The first-order chi connectivity index (χ1) is 14.0. The van der Waals surface area contributed by atoms with E-state index in [0.717, 1.165) is 19.4 Å². The molecular formula is C19H17Cl2N3O3S2. The smallest absolute Gasteiger partial charge is 0.276 e. The van der Waals surface area contributed by atoms with Crippen molar-refractivity contribution >= 4 is 62.4 Å². The fourth-order valence-corrected chi connectivity index (χ4v) is 5.06. The summed E-state index contributed by atoms with van der Waals surface area (Å²) in [6.07, 6.45) is 2.05. The Morgan fingerprint density at radius 3 is 3.03 bits per heavy atom. The quantitative estimate of drug-likeness (QED) is 0.433. The molecule has 3 aromatic rings. The minimum absolute atomic E-state index is 0.0766. The monoisotopic (exact) mass is 469 g/mol. The molecule has 4 rings (SSSR count). The van der Waals surface area contributed by atoms with Crippen LogP contribution in [0.1, 0.15) is 12.8 Å². The Morgan fingerprint density at radius 2 is 2.24 bits per heavy atom. The average molecular weight is 470 g/mol. The first-order valence-corrected chi connectivity index (χ1v) is 11.6. The van der Waals surface area contributed by atoms with Crippen LogP contribution < -0.4 is 10.9 Å². The molecule has 3 heterocycles. The third-order valence-corrected chi connectivity index (χ3v) is 7.14. The number of fused-ring (bicyclic) bond motifs is 1. The van der Waals surface area contributed by atoms with Crippen molar-refractivity contribution < 1.29 is 9.53 Å². The zero-order valence-corrected chi connectivity index (χ0v) is 18.3. The van der Waals surface area contributed by atoms with E-state index in [0.29, 0.717) is 32.6 Å². The van der Waals surface area contributed by atoms with E-state index in [1.807, 2.05) is 5.38 Å². The minimum atomic E-state index is -0.239. The summed E-state index contributed by atoms with van der Waals surface area (Å²) in [4.78, 5) is 30.0. The zero-order chi connectivity index (χ0) is 20.4. The Morgan fingerprint density at radius 1 is 1.38 bits per heavy atom. The molecule has 0 saturated carbocycles. The standard InChI is InChI=1S/C19H17Cl2N3O3S2/c20-12-4-1-5-14(16(12)21)24-18(26)17-13(6-8-28-17)23-19(24)29-10-15(25)22-9-11-3-2-7-27-11/h1,4-6,8,11H,2-3,7,9-10H2,(H,22,25). The summed E-state index contributed by atoms with van der Waals surface area (Å²) in [5.41, 5.74) is 0.794. The van der Waals surface area contributed by atoms with Gasteiger partial charge in [-0.25, -0.2) is 4.98 Å². The van der Waals surface area contributed by atoms with Crippen LogP contribution in [0.15, 0.2) is 39.6 Å². The van der Waals surface area contributed by atoms with Gasteiger partial charge in [0.2, 0.25) is 5.91 Å². The van der Waals surface area contributed by atoms with Gasteiger partial charge in [-0.3, -0.25) is 14.2 Å². The Labute approximate surface area is 185 Å². The summed E-state index contributed by atoms with van der Waals surface area (Å²) >= 11 is 15.0. The minimum Gasteiger partial charge on any atom is -0.376 e. The van der Waals surface area contributed by atoms with E-state index < -0.39 is 0 Å². The fraction of sp³-hybridized carbons (Fsp3) is 0.316. The lowest BCUT2D eigenvalue weighted by Crippen LogP contribution is -2.33. The number of halogens is 2. The topological polar surface area (TPSA) is 73.2 Å². The number of carbonyl (C=O) groups excluding carboxylic acids is 1. The highest BCUT2D eigenvalue weighted by Crippen LogP contribution is 2.31. The number of ether oxygens (including phenoxy) is 1. The number of benzene rings is 1. The van der Waals surface area contributed by atoms with E-state index in [9.17, 15) is 9.59 Å². The van der Waals surface area contributed by atoms with Crippen LogP contribution in [0.4, 0.5) is 0 Å². The van der Waals surface area contributed by atoms with Crippen LogP contribution >= 0.6 is 46.3 Å². The molecule has 1 saturated heterocycles. The predicted molar refractivity (Wildman–Crippen MR) is 118 cm³/mol. The molecule has 0 radical (unpaired) electrons. The van der Waals surface area contributed by atoms with Crippen LogP contribution in [0.3, 0.4) is 0 Å². The first-order valence-electron chi connectivity index (χ1n) is 9.00. The van der Waals surface area contributed by atoms with Crippen LogP contribution in [0.5, 0.6) is 0 Å². The van der Waals surface area contributed by atoms with Crippen molar-refractivity contribution in [3.05, 3.63) is 50.0 Å². The van der Waals surface area contributed by atoms with Gasteiger partial charge in [0.05, 0.1) is 33.1 Å². The molecule has 0 bridgehead atoms. The van der Waals surface area contributed by atoms with E-state index >= 15 is 0 Å². The number of hydrogen-bond acceptors (Lipinski definition) is 6. The molecule has 1 atom stereocenters. The number of nitrogens with one attached hydrogen (secondary N) is 1. The molecule has 152 valence electrons. The van der Waals surface area contributed by atoms with Crippen molar-refractivity contribution in [1.82, 2.24) is 14.9 Å². The maximum Gasteiger partial charge on any atom is 0.276 e. The Bertz CT molecular complexity index is 1110. The summed E-state index contributed by atoms with van der Waals surface area (Å²) in [5.74, 6) is -0.0265. The maximum atomic E-state index is 13.1. The maximum absolute atomic E-state index is 13.1. The summed E-state index contributed by atoms with van der Waals surface area (Å²) in [6.45, 7) is 1.23. The second-order valence-electron chi connectivity index (χ2n) is 6.47. The summed E-state index contributed by atoms with van der Waals surface area (Å²) < 4.78 is 7.46. The lowest BCUT2D eigenvalue weighted by molar-refractivity contribution is -0.119. The van der Waals surface area contributed by atoms with Crippen LogP contribution in [-0.4, -0.2) is 40.5 Å². The van der Waals surface area contributed by atoms with Gasteiger partial charge in [-0.1, -0.05) is 41.0 Å². The SMILES string of the molecule is O=C(CSc1nc2ccsc2c(=O)n1-c1cccc(Cl)c1Cl)NCC1CCCO1. The van der Waals surface area contributed by atoms with E-state index in [-0.39, 0.29) is 28.3 Å². The molecule has 10 heteroatoms. The lowest BCUT2D eigenvalue weighted by Gasteiger charge is -2.14. The molecule has 1 unspecified atom stereocenters. The summed E-state index contributed by atoms with van der Waals surface area (Å²) in [6, 6.07) is 6.86. The van der Waals surface area contributed by atoms with Gasteiger partial charge in [-0.2, -0.15) is 0 Å². The number of amides is 1. The van der Waals surface area contributed by atoms with Gasteiger partial charge in [0.15, 0.2) is 5.16 Å². The number of carbonyl (C=O) groups is 1. The van der Waals surface area contributed by atoms with E-state index in [2.05, 4.69) is 10.3 Å². The number of nitrogens with zero attached hydrogens (tertiary/aromatic N) is 2. The van der Waals surface area contributed by atoms with E-state index in [1.165, 1.54) is 27.7 Å². The predicted octanol–water partition coefficient (Wildman–Crippen LogP) is 4.14. The highest BCUT2D eigenvalue weighted by Gasteiger charge is 2.19. The van der Waals surface area contributed by atoms with Crippen molar-refractivity contribution in [3.63, 3.8) is 0 Å². The van der Waals surface area contributed by atoms with Crippen LogP contribution in [0.25, 0.3) is 15.9 Å².